The maximum Gasteiger partial charge on any atom is 0.349 e. The molecule has 1 atom stereocenters. The number of rotatable bonds is 3. The average molecular weight is 336 g/mol. The van der Waals surface area contributed by atoms with Gasteiger partial charge in [0.1, 0.15) is 10.7 Å². The highest BCUT2D eigenvalue weighted by Crippen LogP contribution is 2.27. The zero-order valence-electron chi connectivity index (χ0n) is 12.2. The van der Waals surface area contributed by atoms with E-state index in [1.165, 1.54) is 25.1 Å². The van der Waals surface area contributed by atoms with Gasteiger partial charge in [0.2, 0.25) is 0 Å². The van der Waals surface area contributed by atoms with Crippen molar-refractivity contribution in [2.45, 2.75) is 13.0 Å². The summed E-state index contributed by atoms with van der Waals surface area (Å²) in [5, 5.41) is 3.10. The number of amides is 3. The van der Waals surface area contributed by atoms with Gasteiger partial charge in [0, 0.05) is 17.8 Å². The molecular weight excluding hydrogens is 323 g/mol. The minimum Gasteiger partial charge on any atom is -0.448 e. The van der Waals surface area contributed by atoms with Crippen LogP contribution < -0.4 is 5.32 Å². The number of hydrogen-bond acceptors (Lipinski definition) is 5. The van der Waals surface area contributed by atoms with Crippen molar-refractivity contribution in [3.8, 4) is 0 Å². The fraction of sp³-hybridized carbons (Fsp3) is 0.267. The van der Waals surface area contributed by atoms with Crippen LogP contribution in [0.15, 0.2) is 24.3 Å². The fourth-order valence-electron chi connectivity index (χ4n) is 2.29. The molecule has 1 N–H and O–H groups in total. The quantitative estimate of drug-likeness (QED) is 0.872. The number of nitrogens with zero attached hydrogens (tertiary/aromatic N) is 1. The molecule has 1 aliphatic rings. The number of esters is 1. The first-order chi connectivity index (χ1) is 11.0. The maximum atomic E-state index is 13.2. The van der Waals surface area contributed by atoms with Gasteiger partial charge < -0.3 is 10.1 Å². The first-order valence-electron chi connectivity index (χ1n) is 6.95. The summed E-state index contributed by atoms with van der Waals surface area (Å²) in [6.45, 7) is 2.05. The van der Waals surface area contributed by atoms with Crippen LogP contribution in [0, 0.1) is 5.82 Å². The highest BCUT2D eigenvalue weighted by Gasteiger charge is 2.32. The number of thiophene rings is 1. The van der Waals surface area contributed by atoms with E-state index in [1.807, 2.05) is 0 Å². The predicted octanol–water partition coefficient (Wildman–Crippen LogP) is 2.14. The highest BCUT2D eigenvalue weighted by molar-refractivity contribution is 7.20. The molecule has 8 heteroatoms. The summed E-state index contributed by atoms with van der Waals surface area (Å²) in [6.07, 6.45) is -1.08. The number of hydrogen-bond donors (Lipinski definition) is 1. The molecule has 1 fully saturated rings. The van der Waals surface area contributed by atoms with Gasteiger partial charge in [-0.3, -0.25) is 9.69 Å². The molecule has 0 radical (unpaired) electrons. The minimum atomic E-state index is -1.08. The second-order valence-electron chi connectivity index (χ2n) is 5.06. The smallest absolute Gasteiger partial charge is 0.349 e. The lowest BCUT2D eigenvalue weighted by molar-refractivity contribution is -0.135. The van der Waals surface area contributed by atoms with Gasteiger partial charge in [-0.15, -0.1) is 11.3 Å². The van der Waals surface area contributed by atoms with Crippen molar-refractivity contribution >= 4 is 39.3 Å². The third-order valence-corrected chi connectivity index (χ3v) is 4.53. The van der Waals surface area contributed by atoms with Gasteiger partial charge in [0.05, 0.1) is 0 Å². The number of urea groups is 1. The predicted molar refractivity (Wildman–Crippen MR) is 81.8 cm³/mol. The molecule has 0 aliphatic carbocycles. The van der Waals surface area contributed by atoms with E-state index in [2.05, 4.69) is 5.32 Å². The Morgan fingerprint density at radius 1 is 1.39 bits per heavy atom. The van der Waals surface area contributed by atoms with Crippen molar-refractivity contribution in [1.29, 1.82) is 0 Å². The average Bonchev–Trinajstić information content (AvgIpc) is 3.11. The van der Waals surface area contributed by atoms with Gasteiger partial charge in [-0.1, -0.05) is 0 Å². The molecule has 1 unspecified atom stereocenters. The Balaban J connectivity index is 1.72. The minimum absolute atomic E-state index is 0.252. The summed E-state index contributed by atoms with van der Waals surface area (Å²) in [4.78, 5) is 36.9. The Hall–Kier alpha value is -2.48. The zero-order chi connectivity index (χ0) is 16.6. The van der Waals surface area contributed by atoms with E-state index in [1.54, 1.807) is 6.07 Å². The van der Waals surface area contributed by atoms with Gasteiger partial charge in [0.25, 0.3) is 5.91 Å². The van der Waals surface area contributed by atoms with Crippen LogP contribution >= 0.6 is 11.3 Å². The number of nitrogens with one attached hydrogen (secondary N) is 1. The Bertz CT molecular complexity index is 804. The number of imide groups is 1. The Morgan fingerprint density at radius 2 is 2.17 bits per heavy atom. The third-order valence-electron chi connectivity index (χ3n) is 3.43. The molecule has 3 rings (SSSR count). The van der Waals surface area contributed by atoms with Gasteiger partial charge in [0.15, 0.2) is 6.10 Å². The van der Waals surface area contributed by atoms with Gasteiger partial charge in [-0.2, -0.15) is 0 Å². The van der Waals surface area contributed by atoms with E-state index in [0.29, 0.717) is 11.9 Å². The van der Waals surface area contributed by atoms with Crippen LogP contribution in [0.1, 0.15) is 16.6 Å². The summed E-state index contributed by atoms with van der Waals surface area (Å²) in [5.74, 6) is -1.63. The van der Waals surface area contributed by atoms with Crippen molar-refractivity contribution in [2.24, 2.45) is 0 Å². The third kappa shape index (κ3) is 3.02. The molecule has 0 bridgehead atoms. The lowest BCUT2D eigenvalue weighted by atomic mass is 10.2. The van der Waals surface area contributed by atoms with Crippen LogP contribution in [-0.4, -0.2) is 42.0 Å². The Labute approximate surface area is 134 Å². The Kier molecular flexibility index (Phi) is 3.99. The van der Waals surface area contributed by atoms with E-state index >= 15 is 0 Å². The maximum absolute atomic E-state index is 13.2. The number of carbonyl (C=O) groups is 3. The van der Waals surface area contributed by atoms with Crippen molar-refractivity contribution in [3.63, 3.8) is 0 Å². The van der Waals surface area contributed by atoms with Crippen LogP contribution in [0.2, 0.25) is 0 Å². The standard InChI is InChI=1S/C15H13FN2O4S/c1-8(13(19)18-5-4-17-15(18)21)22-14(20)12-7-9-6-10(16)2-3-11(9)23-12/h2-3,6-8H,4-5H2,1H3,(H,17,21). The van der Waals surface area contributed by atoms with Crippen LogP contribution in [-0.2, 0) is 9.53 Å². The van der Waals surface area contributed by atoms with Crippen LogP contribution in [0.4, 0.5) is 9.18 Å². The lowest BCUT2D eigenvalue weighted by Crippen LogP contribution is -2.41. The van der Waals surface area contributed by atoms with Crippen molar-refractivity contribution < 1.29 is 23.5 Å². The normalized spacial score (nSPS) is 15.6. The second-order valence-corrected chi connectivity index (χ2v) is 6.15. The molecule has 1 aromatic carbocycles. The van der Waals surface area contributed by atoms with E-state index in [-0.39, 0.29) is 17.2 Å². The molecule has 0 saturated carbocycles. The Morgan fingerprint density at radius 3 is 2.87 bits per heavy atom. The van der Waals surface area contributed by atoms with E-state index in [9.17, 15) is 18.8 Å². The number of halogens is 1. The molecule has 23 heavy (non-hydrogen) atoms. The number of ether oxygens (including phenoxy) is 1. The fourth-order valence-corrected chi connectivity index (χ4v) is 3.21. The van der Waals surface area contributed by atoms with Gasteiger partial charge in [-0.05, 0) is 36.6 Å². The molecule has 0 spiro atoms. The highest BCUT2D eigenvalue weighted by atomic mass is 32.1. The van der Waals surface area contributed by atoms with E-state index < -0.39 is 24.0 Å². The van der Waals surface area contributed by atoms with E-state index in [0.717, 1.165) is 20.9 Å². The lowest BCUT2D eigenvalue weighted by Gasteiger charge is -2.17. The molecule has 3 amide bonds. The van der Waals surface area contributed by atoms with Crippen LogP contribution in [0.3, 0.4) is 0 Å². The first kappa shape index (κ1) is 15.4. The number of carbonyl (C=O) groups excluding carboxylic acids is 3. The molecule has 1 aliphatic heterocycles. The van der Waals surface area contributed by atoms with Gasteiger partial charge in [-0.25, -0.2) is 14.0 Å². The zero-order valence-corrected chi connectivity index (χ0v) is 13.0. The SMILES string of the molecule is CC(OC(=O)c1cc2cc(F)ccc2s1)C(=O)N1CCNC1=O. The molecule has 1 saturated heterocycles. The monoisotopic (exact) mass is 336 g/mol. The molecule has 6 nitrogen and oxygen atoms in total. The van der Waals surface area contributed by atoms with E-state index in [4.69, 9.17) is 4.74 Å². The first-order valence-corrected chi connectivity index (χ1v) is 7.76. The number of benzene rings is 1. The summed E-state index contributed by atoms with van der Waals surface area (Å²) >= 11 is 1.16. The summed E-state index contributed by atoms with van der Waals surface area (Å²) in [7, 11) is 0. The topological polar surface area (TPSA) is 75.7 Å². The molecule has 2 heterocycles. The molecule has 1 aromatic heterocycles. The number of fused-ring (bicyclic) bond motifs is 1. The largest absolute Gasteiger partial charge is 0.448 e. The molecule has 2 aromatic rings. The summed E-state index contributed by atoms with van der Waals surface area (Å²) < 4.78 is 19.0. The van der Waals surface area contributed by atoms with Crippen LogP contribution in [0.5, 0.6) is 0 Å². The van der Waals surface area contributed by atoms with Crippen molar-refractivity contribution in [2.75, 3.05) is 13.1 Å². The summed E-state index contributed by atoms with van der Waals surface area (Å²) in [6, 6.07) is 5.24. The van der Waals surface area contributed by atoms with Gasteiger partial charge >= 0.3 is 12.0 Å². The molecule has 120 valence electrons. The van der Waals surface area contributed by atoms with Crippen molar-refractivity contribution in [1.82, 2.24) is 10.2 Å². The molecular formula is C15H13FN2O4S. The second kappa shape index (κ2) is 5.96. The summed E-state index contributed by atoms with van der Waals surface area (Å²) in [5.41, 5.74) is 0. The van der Waals surface area contributed by atoms with Crippen LogP contribution in [0.25, 0.3) is 10.1 Å². The van der Waals surface area contributed by atoms with Crippen molar-refractivity contribution in [3.05, 3.63) is 35.0 Å².